The third-order valence-corrected chi connectivity index (χ3v) is 3.10. The Bertz CT molecular complexity index is 641. The highest BCUT2D eigenvalue weighted by atomic mass is 16.2. The lowest BCUT2D eigenvalue weighted by Gasteiger charge is -2.23. The molecule has 6 nitrogen and oxygen atoms in total. The number of rotatable bonds is 5. The molecular formula is C15H21N5O. The van der Waals surface area contributed by atoms with E-state index in [1.165, 1.54) is 6.33 Å². The first kappa shape index (κ1) is 15.0. The van der Waals surface area contributed by atoms with Gasteiger partial charge in [0.2, 0.25) is 5.91 Å². The number of aromatic nitrogens is 2. The highest BCUT2D eigenvalue weighted by Gasteiger charge is 2.15. The molecule has 0 aliphatic carbocycles. The lowest BCUT2D eigenvalue weighted by Crippen LogP contribution is -2.40. The lowest BCUT2D eigenvalue weighted by molar-refractivity contribution is -0.120. The number of hydrogen-bond donors (Lipinski definition) is 2. The molecule has 3 N–H and O–H groups in total. The number of nitrogen functional groups attached to an aromatic ring is 1. The predicted molar refractivity (Wildman–Crippen MR) is 85.1 cm³/mol. The van der Waals surface area contributed by atoms with Crippen LogP contribution < -0.4 is 16.0 Å². The number of anilines is 2. The number of amides is 1. The smallest absolute Gasteiger partial charge is 0.239 e. The standard InChI is InChI=1S/C15H21N5O/c1-4-20(8-14(21)19-10(2)3)15-12-7-11(16)5-6-13(12)17-9-18-15/h5-7,9-10H,4,8,16H2,1-3H3,(H,19,21). The van der Waals surface area contributed by atoms with Crippen LogP contribution in [0.4, 0.5) is 11.5 Å². The van der Waals surface area contributed by atoms with Gasteiger partial charge in [0.15, 0.2) is 0 Å². The maximum Gasteiger partial charge on any atom is 0.239 e. The number of nitrogens with zero attached hydrogens (tertiary/aromatic N) is 3. The average Bonchev–Trinajstić information content (AvgIpc) is 2.43. The van der Waals surface area contributed by atoms with E-state index in [0.717, 1.165) is 16.7 Å². The van der Waals surface area contributed by atoms with E-state index in [9.17, 15) is 4.79 Å². The predicted octanol–water partition coefficient (Wildman–Crippen LogP) is 1.56. The molecule has 112 valence electrons. The van der Waals surface area contributed by atoms with Crippen LogP contribution in [0.2, 0.25) is 0 Å². The van der Waals surface area contributed by atoms with Gasteiger partial charge in [-0.15, -0.1) is 0 Å². The molecule has 0 unspecified atom stereocenters. The topological polar surface area (TPSA) is 84.1 Å². The Morgan fingerprint density at radius 2 is 2.14 bits per heavy atom. The van der Waals surface area contributed by atoms with Gasteiger partial charge in [0.25, 0.3) is 0 Å². The molecule has 21 heavy (non-hydrogen) atoms. The van der Waals surface area contributed by atoms with Crippen LogP contribution in [0.3, 0.4) is 0 Å². The SMILES string of the molecule is CCN(CC(=O)NC(C)C)c1ncnc2ccc(N)cc12. The first-order chi connectivity index (χ1) is 10.0. The second-order valence-electron chi connectivity index (χ2n) is 5.21. The summed E-state index contributed by atoms with van der Waals surface area (Å²) in [5, 5.41) is 3.75. The zero-order chi connectivity index (χ0) is 15.4. The zero-order valence-corrected chi connectivity index (χ0v) is 12.6. The molecule has 2 aromatic rings. The molecule has 0 spiro atoms. The molecule has 0 aliphatic heterocycles. The summed E-state index contributed by atoms with van der Waals surface area (Å²) in [7, 11) is 0. The van der Waals surface area contributed by atoms with Gasteiger partial charge in [-0.25, -0.2) is 9.97 Å². The molecule has 0 fully saturated rings. The molecule has 0 saturated heterocycles. The fourth-order valence-electron chi connectivity index (χ4n) is 2.19. The number of fused-ring (bicyclic) bond motifs is 1. The van der Waals surface area contributed by atoms with E-state index in [1.807, 2.05) is 37.8 Å². The van der Waals surface area contributed by atoms with Crippen molar-refractivity contribution in [3.8, 4) is 0 Å². The molecule has 6 heteroatoms. The Morgan fingerprint density at radius 1 is 1.38 bits per heavy atom. The Labute approximate surface area is 124 Å². The number of hydrogen-bond acceptors (Lipinski definition) is 5. The monoisotopic (exact) mass is 287 g/mol. The fraction of sp³-hybridized carbons (Fsp3) is 0.400. The average molecular weight is 287 g/mol. The highest BCUT2D eigenvalue weighted by Crippen LogP contribution is 2.24. The van der Waals surface area contributed by atoms with Crippen molar-refractivity contribution in [3.05, 3.63) is 24.5 Å². The normalized spacial score (nSPS) is 10.9. The summed E-state index contributed by atoms with van der Waals surface area (Å²) in [6, 6.07) is 5.63. The van der Waals surface area contributed by atoms with Crippen LogP contribution in [0.5, 0.6) is 0 Å². The summed E-state index contributed by atoms with van der Waals surface area (Å²) >= 11 is 0. The number of carbonyl (C=O) groups is 1. The van der Waals surface area contributed by atoms with Crippen molar-refractivity contribution < 1.29 is 4.79 Å². The van der Waals surface area contributed by atoms with E-state index in [2.05, 4.69) is 15.3 Å². The van der Waals surface area contributed by atoms with E-state index < -0.39 is 0 Å². The van der Waals surface area contributed by atoms with Crippen LogP contribution in [0.15, 0.2) is 24.5 Å². The van der Waals surface area contributed by atoms with Gasteiger partial charge in [-0.3, -0.25) is 4.79 Å². The van der Waals surface area contributed by atoms with Gasteiger partial charge in [-0.2, -0.15) is 0 Å². The van der Waals surface area contributed by atoms with Crippen molar-refractivity contribution in [1.29, 1.82) is 0 Å². The molecule has 0 saturated carbocycles. The van der Waals surface area contributed by atoms with E-state index in [4.69, 9.17) is 5.73 Å². The van der Waals surface area contributed by atoms with Gasteiger partial charge < -0.3 is 16.0 Å². The molecule has 0 atom stereocenters. The Kier molecular flexibility index (Phi) is 4.57. The second-order valence-corrected chi connectivity index (χ2v) is 5.21. The Morgan fingerprint density at radius 3 is 2.81 bits per heavy atom. The van der Waals surface area contributed by atoms with Crippen molar-refractivity contribution in [2.24, 2.45) is 0 Å². The third kappa shape index (κ3) is 3.59. The molecule has 1 aromatic carbocycles. The van der Waals surface area contributed by atoms with Crippen LogP contribution in [-0.2, 0) is 4.79 Å². The van der Waals surface area contributed by atoms with Crippen molar-refractivity contribution in [1.82, 2.24) is 15.3 Å². The summed E-state index contributed by atoms with van der Waals surface area (Å²) in [5.41, 5.74) is 7.32. The van der Waals surface area contributed by atoms with E-state index in [1.54, 1.807) is 6.07 Å². The van der Waals surface area contributed by atoms with Crippen molar-refractivity contribution >= 4 is 28.3 Å². The molecule has 1 aromatic heterocycles. The quantitative estimate of drug-likeness (QED) is 0.815. The van der Waals surface area contributed by atoms with Crippen LogP contribution in [0, 0.1) is 0 Å². The summed E-state index contributed by atoms with van der Waals surface area (Å²) in [4.78, 5) is 22.5. The minimum absolute atomic E-state index is 0.0254. The Hall–Kier alpha value is -2.37. The van der Waals surface area contributed by atoms with Gasteiger partial charge in [0, 0.05) is 23.7 Å². The largest absolute Gasteiger partial charge is 0.399 e. The van der Waals surface area contributed by atoms with Gasteiger partial charge in [0.05, 0.1) is 12.1 Å². The minimum Gasteiger partial charge on any atom is -0.399 e. The first-order valence-electron chi connectivity index (χ1n) is 7.05. The molecule has 0 radical (unpaired) electrons. The Balaban J connectivity index is 2.33. The van der Waals surface area contributed by atoms with Crippen LogP contribution in [0.1, 0.15) is 20.8 Å². The van der Waals surface area contributed by atoms with Gasteiger partial charge in [-0.1, -0.05) is 0 Å². The lowest BCUT2D eigenvalue weighted by atomic mass is 10.2. The fourth-order valence-corrected chi connectivity index (χ4v) is 2.19. The van der Waals surface area contributed by atoms with E-state index in [-0.39, 0.29) is 18.5 Å². The highest BCUT2D eigenvalue weighted by molar-refractivity contribution is 5.93. The maximum atomic E-state index is 12.0. The number of benzene rings is 1. The molecular weight excluding hydrogens is 266 g/mol. The first-order valence-corrected chi connectivity index (χ1v) is 7.05. The molecule has 1 heterocycles. The molecule has 0 bridgehead atoms. The summed E-state index contributed by atoms with van der Waals surface area (Å²) < 4.78 is 0. The van der Waals surface area contributed by atoms with E-state index in [0.29, 0.717) is 12.2 Å². The molecule has 2 rings (SSSR count). The number of carbonyl (C=O) groups excluding carboxylic acids is 1. The summed E-state index contributed by atoms with van der Waals surface area (Å²) in [5.74, 6) is 0.705. The van der Waals surface area contributed by atoms with Crippen molar-refractivity contribution in [3.63, 3.8) is 0 Å². The van der Waals surface area contributed by atoms with Crippen LogP contribution in [-0.4, -0.2) is 35.0 Å². The third-order valence-electron chi connectivity index (χ3n) is 3.10. The van der Waals surface area contributed by atoms with Crippen LogP contribution >= 0.6 is 0 Å². The number of nitrogens with two attached hydrogens (primary N) is 1. The minimum atomic E-state index is -0.0254. The van der Waals surface area contributed by atoms with E-state index >= 15 is 0 Å². The molecule has 0 aliphatic rings. The number of likely N-dealkylation sites (N-methyl/N-ethyl adjacent to an activating group) is 1. The van der Waals surface area contributed by atoms with Crippen molar-refractivity contribution in [2.75, 3.05) is 23.7 Å². The van der Waals surface area contributed by atoms with Gasteiger partial charge >= 0.3 is 0 Å². The summed E-state index contributed by atoms with van der Waals surface area (Å²) in [6.07, 6.45) is 1.51. The molecule has 1 amide bonds. The van der Waals surface area contributed by atoms with Crippen LogP contribution in [0.25, 0.3) is 10.9 Å². The number of nitrogens with one attached hydrogen (secondary N) is 1. The van der Waals surface area contributed by atoms with Gasteiger partial charge in [0.1, 0.15) is 12.1 Å². The van der Waals surface area contributed by atoms with Crippen molar-refractivity contribution in [2.45, 2.75) is 26.8 Å². The second kappa shape index (κ2) is 6.39. The zero-order valence-electron chi connectivity index (χ0n) is 12.6. The van der Waals surface area contributed by atoms with Gasteiger partial charge in [-0.05, 0) is 39.0 Å². The maximum absolute atomic E-state index is 12.0. The summed E-state index contributed by atoms with van der Waals surface area (Å²) in [6.45, 7) is 6.80.